The van der Waals surface area contributed by atoms with E-state index in [1.807, 2.05) is 30.0 Å². The van der Waals surface area contributed by atoms with Crippen molar-refractivity contribution in [3.63, 3.8) is 0 Å². The summed E-state index contributed by atoms with van der Waals surface area (Å²) in [6, 6.07) is 5.95. The summed E-state index contributed by atoms with van der Waals surface area (Å²) in [5.74, 6) is 1.59. The number of amides is 1. The largest absolute Gasteiger partial charge is 0.497 e. The Kier molecular flexibility index (Phi) is 5.10. The second-order valence-corrected chi connectivity index (χ2v) is 5.57. The number of methoxy groups -OCH3 is 1. The lowest BCUT2D eigenvalue weighted by molar-refractivity contribution is -0.128. The van der Waals surface area contributed by atoms with E-state index in [9.17, 15) is 4.79 Å². The minimum atomic E-state index is 0.224. The van der Waals surface area contributed by atoms with Gasteiger partial charge in [0.2, 0.25) is 5.91 Å². The number of thioether (sulfide) groups is 1. The molecule has 2 rings (SSSR count). The normalized spacial score (nSPS) is 15.4. The molecule has 1 aromatic rings. The van der Waals surface area contributed by atoms with E-state index in [0.717, 1.165) is 42.4 Å². The number of nitrogens with one attached hydrogen (secondary N) is 1. The van der Waals surface area contributed by atoms with Crippen LogP contribution in [0.1, 0.15) is 5.56 Å². The fourth-order valence-corrected chi connectivity index (χ4v) is 2.97. The average molecular weight is 280 g/mol. The molecule has 0 aromatic heterocycles. The Morgan fingerprint density at radius 3 is 2.79 bits per heavy atom. The van der Waals surface area contributed by atoms with E-state index >= 15 is 0 Å². The van der Waals surface area contributed by atoms with Gasteiger partial charge < -0.3 is 15.0 Å². The van der Waals surface area contributed by atoms with Gasteiger partial charge in [-0.3, -0.25) is 4.79 Å². The van der Waals surface area contributed by atoms with Crippen molar-refractivity contribution in [2.45, 2.75) is 11.8 Å². The predicted molar refractivity (Wildman–Crippen MR) is 77.9 cm³/mol. The van der Waals surface area contributed by atoms with Gasteiger partial charge in [-0.25, -0.2) is 0 Å². The summed E-state index contributed by atoms with van der Waals surface area (Å²) in [4.78, 5) is 15.1. The molecule has 1 saturated heterocycles. The van der Waals surface area contributed by atoms with E-state index in [1.54, 1.807) is 18.9 Å². The Labute approximate surface area is 118 Å². The van der Waals surface area contributed by atoms with E-state index in [1.165, 1.54) is 0 Å². The van der Waals surface area contributed by atoms with Crippen molar-refractivity contribution < 1.29 is 9.53 Å². The van der Waals surface area contributed by atoms with Gasteiger partial charge >= 0.3 is 0 Å². The molecular formula is C14H20N2O2S. The molecule has 1 N–H and O–H groups in total. The number of piperazine rings is 1. The Morgan fingerprint density at radius 1 is 1.42 bits per heavy atom. The summed E-state index contributed by atoms with van der Waals surface area (Å²) in [5.41, 5.74) is 1.15. The minimum Gasteiger partial charge on any atom is -0.497 e. The number of carbonyl (C=O) groups excluding carboxylic acids is 1. The van der Waals surface area contributed by atoms with Crippen LogP contribution in [0, 0.1) is 6.92 Å². The highest BCUT2D eigenvalue weighted by Gasteiger charge is 2.16. The number of benzene rings is 1. The molecule has 19 heavy (non-hydrogen) atoms. The average Bonchev–Trinajstić information content (AvgIpc) is 2.46. The van der Waals surface area contributed by atoms with Gasteiger partial charge in [0.15, 0.2) is 0 Å². The summed E-state index contributed by atoms with van der Waals surface area (Å²) in [6.45, 7) is 5.48. The number of ether oxygens (including phenoxy) is 1. The quantitative estimate of drug-likeness (QED) is 0.849. The van der Waals surface area contributed by atoms with Crippen LogP contribution in [0.25, 0.3) is 0 Å². The molecular weight excluding hydrogens is 260 g/mol. The molecule has 5 heteroatoms. The number of hydrogen-bond acceptors (Lipinski definition) is 4. The van der Waals surface area contributed by atoms with E-state index in [0.29, 0.717) is 5.75 Å². The highest BCUT2D eigenvalue weighted by atomic mass is 32.2. The van der Waals surface area contributed by atoms with Crippen molar-refractivity contribution in [1.82, 2.24) is 10.2 Å². The second kappa shape index (κ2) is 6.82. The van der Waals surface area contributed by atoms with Gasteiger partial charge in [-0.05, 0) is 30.7 Å². The standard InChI is InChI=1S/C14H20N2O2S/c1-11-9-12(18-2)3-4-13(11)19-10-14(17)16-7-5-15-6-8-16/h3-4,9,15H,5-8,10H2,1-2H3. The van der Waals surface area contributed by atoms with Crippen LogP contribution in [-0.4, -0.2) is 49.8 Å². The molecule has 1 fully saturated rings. The number of carbonyl (C=O) groups is 1. The molecule has 4 nitrogen and oxygen atoms in total. The van der Waals surface area contributed by atoms with Crippen molar-refractivity contribution in [3.8, 4) is 5.75 Å². The van der Waals surface area contributed by atoms with Crippen LogP contribution in [-0.2, 0) is 4.79 Å². The van der Waals surface area contributed by atoms with Gasteiger partial charge in [0.1, 0.15) is 5.75 Å². The summed E-state index contributed by atoms with van der Waals surface area (Å²) >= 11 is 1.60. The molecule has 0 aliphatic carbocycles. The molecule has 0 spiro atoms. The second-order valence-electron chi connectivity index (χ2n) is 4.55. The lowest BCUT2D eigenvalue weighted by atomic mass is 10.2. The molecule has 0 radical (unpaired) electrons. The first-order chi connectivity index (χ1) is 9.20. The fourth-order valence-electron chi connectivity index (χ4n) is 2.06. The molecule has 104 valence electrons. The molecule has 1 amide bonds. The number of rotatable bonds is 4. The highest BCUT2D eigenvalue weighted by molar-refractivity contribution is 8.00. The van der Waals surface area contributed by atoms with Crippen LogP contribution >= 0.6 is 11.8 Å². The van der Waals surface area contributed by atoms with Gasteiger partial charge in [0.05, 0.1) is 12.9 Å². The molecule has 0 bridgehead atoms. The number of hydrogen-bond donors (Lipinski definition) is 1. The van der Waals surface area contributed by atoms with Gasteiger partial charge in [-0.1, -0.05) is 0 Å². The molecule has 1 aliphatic heterocycles. The van der Waals surface area contributed by atoms with Crippen LogP contribution in [0.2, 0.25) is 0 Å². The topological polar surface area (TPSA) is 41.6 Å². The van der Waals surface area contributed by atoms with E-state index < -0.39 is 0 Å². The lowest BCUT2D eigenvalue weighted by Gasteiger charge is -2.27. The van der Waals surface area contributed by atoms with Crippen LogP contribution < -0.4 is 10.1 Å². The summed E-state index contributed by atoms with van der Waals surface area (Å²) < 4.78 is 5.18. The van der Waals surface area contributed by atoms with Crippen LogP contribution in [0.4, 0.5) is 0 Å². The summed E-state index contributed by atoms with van der Waals surface area (Å²) in [6.07, 6.45) is 0. The SMILES string of the molecule is COc1ccc(SCC(=O)N2CCNCC2)c(C)c1. The van der Waals surface area contributed by atoms with E-state index in [2.05, 4.69) is 5.32 Å². The van der Waals surface area contributed by atoms with Crippen LogP contribution in [0.3, 0.4) is 0 Å². The fraction of sp³-hybridized carbons (Fsp3) is 0.500. The van der Waals surface area contributed by atoms with Crippen molar-refractivity contribution in [2.24, 2.45) is 0 Å². The zero-order valence-electron chi connectivity index (χ0n) is 11.4. The zero-order valence-corrected chi connectivity index (χ0v) is 12.3. The lowest BCUT2D eigenvalue weighted by Crippen LogP contribution is -2.47. The third kappa shape index (κ3) is 3.88. The predicted octanol–water partition coefficient (Wildman–Crippen LogP) is 1.53. The zero-order chi connectivity index (χ0) is 13.7. The summed E-state index contributed by atoms with van der Waals surface area (Å²) in [7, 11) is 1.66. The molecule has 0 atom stereocenters. The molecule has 1 aliphatic rings. The Morgan fingerprint density at radius 2 is 2.16 bits per heavy atom. The third-order valence-electron chi connectivity index (χ3n) is 3.20. The maximum atomic E-state index is 12.1. The Bertz CT molecular complexity index is 445. The van der Waals surface area contributed by atoms with Crippen LogP contribution in [0.5, 0.6) is 5.75 Å². The highest BCUT2D eigenvalue weighted by Crippen LogP contribution is 2.26. The summed E-state index contributed by atoms with van der Waals surface area (Å²) in [5, 5.41) is 3.25. The van der Waals surface area contributed by atoms with Crippen molar-refractivity contribution in [3.05, 3.63) is 23.8 Å². The maximum Gasteiger partial charge on any atom is 0.233 e. The third-order valence-corrected chi connectivity index (χ3v) is 4.36. The van der Waals surface area contributed by atoms with Gasteiger partial charge in [-0.15, -0.1) is 11.8 Å². The smallest absolute Gasteiger partial charge is 0.233 e. The van der Waals surface area contributed by atoms with Crippen molar-refractivity contribution in [2.75, 3.05) is 39.0 Å². The van der Waals surface area contributed by atoms with Gasteiger partial charge in [-0.2, -0.15) is 0 Å². The van der Waals surface area contributed by atoms with Gasteiger partial charge in [0.25, 0.3) is 0 Å². The number of nitrogens with zero attached hydrogens (tertiary/aromatic N) is 1. The molecule has 0 unspecified atom stereocenters. The van der Waals surface area contributed by atoms with Crippen LogP contribution in [0.15, 0.2) is 23.1 Å². The molecule has 0 saturated carbocycles. The Balaban J connectivity index is 1.89. The van der Waals surface area contributed by atoms with Crippen molar-refractivity contribution >= 4 is 17.7 Å². The van der Waals surface area contributed by atoms with E-state index in [4.69, 9.17) is 4.74 Å². The number of aryl methyl sites for hydroxylation is 1. The first-order valence-corrected chi connectivity index (χ1v) is 7.45. The Hall–Kier alpha value is -1.20. The first kappa shape index (κ1) is 14.2. The molecule has 1 aromatic carbocycles. The molecule has 1 heterocycles. The maximum absolute atomic E-state index is 12.1. The van der Waals surface area contributed by atoms with E-state index in [-0.39, 0.29) is 5.91 Å². The van der Waals surface area contributed by atoms with Gasteiger partial charge in [0, 0.05) is 31.1 Å². The monoisotopic (exact) mass is 280 g/mol. The minimum absolute atomic E-state index is 0.224. The van der Waals surface area contributed by atoms with Crippen molar-refractivity contribution in [1.29, 1.82) is 0 Å². The first-order valence-electron chi connectivity index (χ1n) is 6.46.